The molecule has 202 valence electrons. The van der Waals surface area contributed by atoms with Crippen molar-refractivity contribution in [2.24, 2.45) is 0 Å². The Morgan fingerprint density at radius 3 is 2.53 bits per heavy atom. The lowest BCUT2D eigenvalue weighted by molar-refractivity contribution is -0.137. The molecule has 0 saturated heterocycles. The molecule has 3 rings (SSSR count). The highest BCUT2D eigenvalue weighted by atomic mass is 19.1. The summed E-state index contributed by atoms with van der Waals surface area (Å²) in [6.07, 6.45) is 3.80. The second-order valence-electron chi connectivity index (χ2n) is 9.58. The highest BCUT2D eigenvalue weighted by molar-refractivity contribution is 5.70. The summed E-state index contributed by atoms with van der Waals surface area (Å²) in [5, 5.41) is 9.30. The Hall–Kier alpha value is -3.64. The molecule has 0 aliphatic rings. The van der Waals surface area contributed by atoms with Crippen molar-refractivity contribution in [1.29, 1.82) is 0 Å². The number of halogens is 1. The predicted molar refractivity (Wildman–Crippen MR) is 148 cm³/mol. The first-order valence-corrected chi connectivity index (χ1v) is 12.9. The number of benzene rings is 3. The first-order chi connectivity index (χ1) is 18.3. The number of hydrogen-bond donors (Lipinski definition) is 1. The van der Waals surface area contributed by atoms with Crippen molar-refractivity contribution in [2.45, 2.75) is 59.2 Å². The zero-order valence-electron chi connectivity index (χ0n) is 22.6. The van der Waals surface area contributed by atoms with Crippen LogP contribution in [0.5, 0.6) is 11.5 Å². The van der Waals surface area contributed by atoms with E-state index in [2.05, 4.69) is 6.92 Å². The lowest BCUT2D eigenvalue weighted by atomic mass is 9.91. The van der Waals surface area contributed by atoms with Gasteiger partial charge in [-0.15, -0.1) is 0 Å². The Bertz CT molecular complexity index is 1250. The number of rotatable bonds is 14. The number of allylic oxidation sites excluding steroid dienone is 1. The van der Waals surface area contributed by atoms with Crippen LogP contribution in [0, 0.1) is 5.82 Å². The Morgan fingerprint density at radius 2 is 1.82 bits per heavy atom. The number of aliphatic carboxylic acids is 1. The van der Waals surface area contributed by atoms with Gasteiger partial charge in [-0.3, -0.25) is 4.79 Å². The number of methoxy groups -OCH3 is 1. The third-order valence-electron chi connectivity index (χ3n) is 6.29. The van der Waals surface area contributed by atoms with E-state index in [0.717, 1.165) is 40.7 Å². The molecule has 38 heavy (non-hydrogen) atoms. The maximum absolute atomic E-state index is 14.8. The van der Waals surface area contributed by atoms with Crippen LogP contribution >= 0.6 is 0 Å². The highest BCUT2D eigenvalue weighted by Crippen LogP contribution is 2.32. The predicted octanol–water partition coefficient (Wildman–Crippen LogP) is 7.92. The summed E-state index contributed by atoms with van der Waals surface area (Å²) in [4.78, 5) is 11.3. The van der Waals surface area contributed by atoms with Crippen molar-refractivity contribution in [2.75, 3.05) is 13.7 Å². The van der Waals surface area contributed by atoms with Crippen LogP contribution in [0.25, 0.3) is 11.1 Å². The van der Waals surface area contributed by atoms with Crippen LogP contribution in [0.2, 0.25) is 0 Å². The van der Waals surface area contributed by atoms with Gasteiger partial charge in [-0.25, -0.2) is 4.39 Å². The highest BCUT2D eigenvalue weighted by Gasteiger charge is 2.16. The molecule has 0 aliphatic heterocycles. The molecule has 0 amide bonds. The van der Waals surface area contributed by atoms with Crippen LogP contribution < -0.4 is 9.47 Å². The minimum absolute atomic E-state index is 0.0531. The smallest absolute Gasteiger partial charge is 0.303 e. The topological polar surface area (TPSA) is 65.0 Å². The fraction of sp³-hybridized carbons (Fsp3) is 0.344. The van der Waals surface area contributed by atoms with Crippen molar-refractivity contribution < 1.29 is 28.5 Å². The summed E-state index contributed by atoms with van der Waals surface area (Å²) in [6, 6.07) is 18.1. The Morgan fingerprint density at radius 1 is 1.00 bits per heavy atom. The van der Waals surface area contributed by atoms with Gasteiger partial charge in [0.05, 0.1) is 26.7 Å². The minimum Gasteiger partial charge on any atom is -0.497 e. The van der Waals surface area contributed by atoms with Gasteiger partial charge in [0, 0.05) is 5.56 Å². The van der Waals surface area contributed by atoms with Crippen molar-refractivity contribution in [3.8, 4) is 22.6 Å². The quantitative estimate of drug-likeness (QED) is 0.173. The van der Waals surface area contributed by atoms with E-state index < -0.39 is 5.97 Å². The van der Waals surface area contributed by atoms with E-state index in [1.165, 1.54) is 6.07 Å². The number of carboxylic acid groups (broad SMARTS) is 1. The first-order valence-electron chi connectivity index (χ1n) is 12.9. The number of ether oxygens (including phenoxy) is 3. The van der Waals surface area contributed by atoms with Gasteiger partial charge in [-0.1, -0.05) is 49.3 Å². The molecule has 0 heterocycles. The molecule has 0 spiro atoms. The zero-order chi connectivity index (χ0) is 27.5. The van der Waals surface area contributed by atoms with E-state index >= 15 is 0 Å². The average molecular weight is 521 g/mol. The standard InChI is InChI=1S/C32H37FO5/c1-5-7-24(18-32(34)35)25-8-6-9-28(17-25)38-20-23-10-12-29(26(16-23)21-37-15-14-22(2)3)30-19-27(36-4)11-13-31(30)33/h6,8-14,16-17,19,24H,5,7,15,18,20-21H2,1-4H3,(H,34,35)/t24-/m0/s1. The second kappa shape index (κ2) is 14.3. The molecular formula is C32H37FO5. The molecule has 3 aromatic carbocycles. The van der Waals surface area contributed by atoms with Gasteiger partial charge in [-0.2, -0.15) is 0 Å². The summed E-state index contributed by atoms with van der Waals surface area (Å²) in [5.41, 5.74) is 5.07. The van der Waals surface area contributed by atoms with Crippen LogP contribution in [0.4, 0.5) is 4.39 Å². The largest absolute Gasteiger partial charge is 0.497 e. The lowest BCUT2D eigenvalue weighted by Crippen LogP contribution is -2.07. The normalized spacial score (nSPS) is 11.6. The molecule has 5 nitrogen and oxygen atoms in total. The minimum atomic E-state index is -0.804. The molecule has 0 aromatic heterocycles. The van der Waals surface area contributed by atoms with Crippen molar-refractivity contribution in [3.05, 3.63) is 94.8 Å². The monoisotopic (exact) mass is 520 g/mol. The second-order valence-corrected chi connectivity index (χ2v) is 9.58. The van der Waals surface area contributed by atoms with E-state index in [9.17, 15) is 14.3 Å². The van der Waals surface area contributed by atoms with Gasteiger partial charge in [0.25, 0.3) is 0 Å². The molecule has 1 atom stereocenters. The maximum atomic E-state index is 14.8. The average Bonchev–Trinajstić information content (AvgIpc) is 2.90. The first kappa shape index (κ1) is 28.9. The molecule has 0 bridgehead atoms. The molecule has 3 aromatic rings. The molecule has 0 aliphatic carbocycles. The molecule has 6 heteroatoms. The van der Waals surface area contributed by atoms with Gasteiger partial charge in [0.15, 0.2) is 0 Å². The lowest BCUT2D eigenvalue weighted by Gasteiger charge is -2.17. The Balaban J connectivity index is 1.84. The summed E-state index contributed by atoms with van der Waals surface area (Å²) in [6.45, 7) is 7.16. The van der Waals surface area contributed by atoms with Crippen LogP contribution in [0.1, 0.15) is 62.6 Å². The fourth-order valence-corrected chi connectivity index (χ4v) is 4.32. The SMILES string of the molecule is CCC[C@@H](CC(=O)O)c1cccc(OCc2ccc(-c3cc(OC)ccc3F)c(COCC=C(C)C)c2)c1. The van der Waals surface area contributed by atoms with Crippen molar-refractivity contribution in [1.82, 2.24) is 0 Å². The third-order valence-corrected chi connectivity index (χ3v) is 6.29. The molecule has 0 fully saturated rings. The van der Waals surface area contributed by atoms with Gasteiger partial charge in [0.2, 0.25) is 0 Å². The van der Waals surface area contributed by atoms with Crippen molar-refractivity contribution in [3.63, 3.8) is 0 Å². The van der Waals surface area contributed by atoms with Gasteiger partial charge in [-0.05, 0) is 84.8 Å². The molecule has 0 unspecified atom stereocenters. The van der Waals surface area contributed by atoms with Crippen molar-refractivity contribution >= 4 is 5.97 Å². The molecule has 0 saturated carbocycles. The number of carbonyl (C=O) groups is 1. The van der Waals surface area contributed by atoms with Crippen LogP contribution in [-0.4, -0.2) is 24.8 Å². The van der Waals surface area contributed by atoms with E-state index in [0.29, 0.717) is 36.9 Å². The van der Waals surface area contributed by atoms with Crippen LogP contribution in [0.15, 0.2) is 72.3 Å². The van der Waals surface area contributed by atoms with Crippen LogP contribution in [0.3, 0.4) is 0 Å². The molecular weight excluding hydrogens is 483 g/mol. The van der Waals surface area contributed by atoms with E-state index in [1.807, 2.05) is 62.4 Å². The zero-order valence-corrected chi connectivity index (χ0v) is 22.6. The molecule has 0 radical (unpaired) electrons. The summed E-state index contributed by atoms with van der Waals surface area (Å²) >= 11 is 0. The van der Waals surface area contributed by atoms with E-state index in [-0.39, 0.29) is 18.2 Å². The molecule has 1 N–H and O–H groups in total. The van der Waals surface area contributed by atoms with Gasteiger partial charge >= 0.3 is 5.97 Å². The summed E-state index contributed by atoms with van der Waals surface area (Å²) < 4.78 is 32.1. The third kappa shape index (κ3) is 8.45. The fourth-order valence-electron chi connectivity index (χ4n) is 4.32. The van der Waals surface area contributed by atoms with E-state index in [4.69, 9.17) is 14.2 Å². The Kier molecular flexibility index (Phi) is 10.9. The maximum Gasteiger partial charge on any atom is 0.303 e. The Labute approximate surface area is 224 Å². The summed E-state index contributed by atoms with van der Waals surface area (Å²) in [7, 11) is 1.56. The number of hydrogen-bond acceptors (Lipinski definition) is 4. The van der Waals surface area contributed by atoms with E-state index in [1.54, 1.807) is 19.2 Å². The summed E-state index contributed by atoms with van der Waals surface area (Å²) in [5.74, 6) is 0.0668. The van der Waals surface area contributed by atoms with Gasteiger partial charge < -0.3 is 19.3 Å². The number of carboxylic acids is 1. The van der Waals surface area contributed by atoms with Crippen LogP contribution in [-0.2, 0) is 22.7 Å². The van der Waals surface area contributed by atoms with Gasteiger partial charge in [0.1, 0.15) is 23.9 Å².